The lowest BCUT2D eigenvalue weighted by atomic mass is 10.1. The maximum absolute atomic E-state index is 10.8. The Balaban J connectivity index is 1.88. The van der Waals surface area contributed by atoms with Gasteiger partial charge in [-0.2, -0.15) is 0 Å². The molecule has 1 heterocycles. The number of carbonyl (C=O) groups is 1. The number of tetrazole rings is 1. The predicted octanol–water partition coefficient (Wildman–Crippen LogP) is 2.09. The van der Waals surface area contributed by atoms with Gasteiger partial charge in [0.1, 0.15) is 0 Å². The van der Waals surface area contributed by atoms with Gasteiger partial charge in [0.25, 0.3) is 0 Å². The Hall–Kier alpha value is -2.76. The monoisotopic (exact) mass is 268 g/mol. The van der Waals surface area contributed by atoms with Crippen LogP contribution in [0.5, 0.6) is 0 Å². The van der Waals surface area contributed by atoms with Gasteiger partial charge in [-0.25, -0.2) is 4.79 Å². The molecule has 20 heavy (non-hydrogen) atoms. The molecule has 0 saturated heterocycles. The summed E-state index contributed by atoms with van der Waals surface area (Å²) in [6.45, 7) is 0. The molecular formula is C14H12N4O2. The summed E-state index contributed by atoms with van der Waals surface area (Å²) < 4.78 is 0. The summed E-state index contributed by atoms with van der Waals surface area (Å²) in [5.74, 6) is -0.348. The van der Waals surface area contributed by atoms with Crippen LogP contribution in [0.2, 0.25) is 0 Å². The second-order valence-electron chi connectivity index (χ2n) is 4.41. The van der Waals surface area contributed by atoms with Crippen LogP contribution < -0.4 is 0 Å². The number of rotatable bonds is 3. The van der Waals surface area contributed by atoms with E-state index in [4.69, 9.17) is 5.11 Å². The first-order valence-corrected chi connectivity index (χ1v) is 6.24. The summed E-state index contributed by atoms with van der Waals surface area (Å²) in [6.07, 6.45) is 7.95. The minimum absolute atomic E-state index is 0.231. The number of allylic oxidation sites excluding steroid dienone is 4. The van der Waals surface area contributed by atoms with Crippen LogP contribution in [-0.2, 0) is 0 Å². The lowest BCUT2D eigenvalue weighted by molar-refractivity contribution is 0.0697. The third kappa shape index (κ3) is 2.35. The molecule has 100 valence electrons. The van der Waals surface area contributed by atoms with Gasteiger partial charge in [0.05, 0.1) is 11.3 Å². The summed E-state index contributed by atoms with van der Waals surface area (Å²) in [4.78, 5) is 12.2. The van der Waals surface area contributed by atoms with Crippen LogP contribution in [0.25, 0.3) is 11.3 Å². The zero-order valence-corrected chi connectivity index (χ0v) is 10.6. The fourth-order valence-corrected chi connectivity index (χ4v) is 1.98. The van der Waals surface area contributed by atoms with Gasteiger partial charge in [0.2, 0.25) is 5.82 Å². The first kappa shape index (κ1) is 12.3. The summed E-state index contributed by atoms with van der Waals surface area (Å²) in [6, 6.07) is 6.35. The van der Waals surface area contributed by atoms with Crippen molar-refractivity contribution >= 4 is 11.5 Å². The molecule has 1 aliphatic carbocycles. The largest absolute Gasteiger partial charge is 0.478 e. The van der Waals surface area contributed by atoms with Crippen molar-refractivity contribution in [3.63, 3.8) is 0 Å². The van der Waals surface area contributed by atoms with Crippen molar-refractivity contribution in [2.24, 2.45) is 0 Å². The number of nitrogens with zero attached hydrogens (tertiary/aromatic N) is 4. The Bertz CT molecular complexity index is 698. The van der Waals surface area contributed by atoms with Gasteiger partial charge >= 0.3 is 5.97 Å². The Morgan fingerprint density at radius 2 is 2.05 bits per heavy atom. The number of aromatic nitrogens is 4. The van der Waals surface area contributed by atoms with Gasteiger partial charge in [0.15, 0.2) is 0 Å². The lowest BCUT2D eigenvalue weighted by Crippen LogP contribution is -2.01. The highest BCUT2D eigenvalue weighted by Gasteiger charge is 2.11. The molecule has 6 heteroatoms. The second kappa shape index (κ2) is 5.08. The molecule has 1 aliphatic rings. The number of hydrogen-bond donors (Lipinski definition) is 1. The summed E-state index contributed by atoms with van der Waals surface area (Å²) in [7, 11) is 0. The number of hydrogen-bond acceptors (Lipinski definition) is 4. The molecule has 0 bridgehead atoms. The quantitative estimate of drug-likeness (QED) is 0.921. The highest BCUT2D eigenvalue weighted by atomic mass is 16.4. The molecular weight excluding hydrogens is 256 g/mol. The molecule has 1 N–H and O–H groups in total. The van der Waals surface area contributed by atoms with E-state index in [1.807, 2.05) is 12.2 Å². The summed E-state index contributed by atoms with van der Waals surface area (Å²) >= 11 is 0. The average molecular weight is 268 g/mol. The van der Waals surface area contributed by atoms with Crippen molar-refractivity contribution < 1.29 is 9.90 Å². The fourth-order valence-electron chi connectivity index (χ4n) is 1.98. The zero-order chi connectivity index (χ0) is 13.9. The van der Waals surface area contributed by atoms with E-state index in [2.05, 4.69) is 21.5 Å². The van der Waals surface area contributed by atoms with Gasteiger partial charge in [0, 0.05) is 5.57 Å². The van der Waals surface area contributed by atoms with Crippen molar-refractivity contribution in [3.05, 3.63) is 53.9 Å². The molecule has 0 amide bonds. The SMILES string of the molecule is O=C(O)c1ccc(-n2nnc(C3=CC=CCC3)n2)cc1. The van der Waals surface area contributed by atoms with E-state index in [1.165, 1.54) is 16.9 Å². The van der Waals surface area contributed by atoms with E-state index in [-0.39, 0.29) is 5.56 Å². The number of benzene rings is 1. The molecule has 0 unspecified atom stereocenters. The Morgan fingerprint density at radius 1 is 1.25 bits per heavy atom. The van der Waals surface area contributed by atoms with Crippen molar-refractivity contribution in [1.29, 1.82) is 0 Å². The molecule has 0 spiro atoms. The van der Waals surface area contributed by atoms with Gasteiger partial charge in [-0.3, -0.25) is 0 Å². The topological polar surface area (TPSA) is 80.9 Å². The highest BCUT2D eigenvalue weighted by molar-refractivity contribution is 5.87. The number of carboxylic acids is 1. The normalized spacial score (nSPS) is 14.1. The molecule has 0 saturated carbocycles. The van der Waals surface area contributed by atoms with E-state index in [1.54, 1.807) is 12.1 Å². The molecule has 3 rings (SSSR count). The number of carboxylic acid groups (broad SMARTS) is 1. The van der Waals surface area contributed by atoms with Crippen molar-refractivity contribution in [2.75, 3.05) is 0 Å². The van der Waals surface area contributed by atoms with Crippen molar-refractivity contribution in [2.45, 2.75) is 12.8 Å². The van der Waals surface area contributed by atoms with E-state index in [0.717, 1.165) is 18.4 Å². The summed E-state index contributed by atoms with van der Waals surface area (Å²) in [5.41, 5.74) is 1.97. The lowest BCUT2D eigenvalue weighted by Gasteiger charge is -2.03. The fraction of sp³-hybridized carbons (Fsp3) is 0.143. The first-order chi connectivity index (χ1) is 9.74. The van der Waals surface area contributed by atoms with E-state index >= 15 is 0 Å². The predicted molar refractivity (Wildman–Crippen MR) is 72.5 cm³/mol. The van der Waals surface area contributed by atoms with Crippen LogP contribution in [0.15, 0.2) is 42.5 Å². The molecule has 0 atom stereocenters. The number of aromatic carboxylic acids is 1. The van der Waals surface area contributed by atoms with Gasteiger partial charge in [-0.1, -0.05) is 18.2 Å². The first-order valence-electron chi connectivity index (χ1n) is 6.24. The molecule has 2 aromatic rings. The molecule has 6 nitrogen and oxygen atoms in total. The molecule has 0 radical (unpaired) electrons. The Kier molecular flexibility index (Phi) is 3.12. The van der Waals surface area contributed by atoms with Crippen LogP contribution >= 0.6 is 0 Å². The third-order valence-corrected chi connectivity index (χ3v) is 3.06. The van der Waals surface area contributed by atoms with Crippen molar-refractivity contribution in [3.8, 4) is 5.69 Å². The zero-order valence-electron chi connectivity index (χ0n) is 10.6. The molecule has 0 fully saturated rings. The van der Waals surface area contributed by atoms with E-state index in [9.17, 15) is 4.79 Å². The maximum Gasteiger partial charge on any atom is 0.335 e. The van der Waals surface area contributed by atoms with Crippen LogP contribution in [0.3, 0.4) is 0 Å². The third-order valence-electron chi connectivity index (χ3n) is 3.06. The second-order valence-corrected chi connectivity index (χ2v) is 4.41. The van der Waals surface area contributed by atoms with Crippen LogP contribution in [0, 0.1) is 0 Å². The van der Waals surface area contributed by atoms with Gasteiger partial charge in [-0.05, 0) is 42.3 Å². The van der Waals surface area contributed by atoms with Gasteiger partial charge < -0.3 is 5.11 Å². The van der Waals surface area contributed by atoms with Crippen LogP contribution in [-0.4, -0.2) is 31.3 Å². The minimum atomic E-state index is -0.956. The maximum atomic E-state index is 10.8. The minimum Gasteiger partial charge on any atom is -0.478 e. The smallest absolute Gasteiger partial charge is 0.335 e. The average Bonchev–Trinajstić information content (AvgIpc) is 2.98. The Labute approximate surface area is 115 Å². The molecule has 1 aromatic heterocycles. The summed E-state index contributed by atoms with van der Waals surface area (Å²) in [5, 5.41) is 21.2. The molecule has 0 aliphatic heterocycles. The van der Waals surface area contributed by atoms with Crippen molar-refractivity contribution in [1.82, 2.24) is 20.2 Å². The standard InChI is InChI=1S/C14H12N4O2/c19-14(20)11-6-8-12(9-7-11)18-16-13(15-17-18)10-4-2-1-3-5-10/h1-2,4,6-9H,3,5H2,(H,19,20). The van der Waals surface area contributed by atoms with Crippen LogP contribution in [0.4, 0.5) is 0 Å². The highest BCUT2D eigenvalue weighted by Crippen LogP contribution is 2.20. The van der Waals surface area contributed by atoms with E-state index in [0.29, 0.717) is 11.5 Å². The Morgan fingerprint density at radius 3 is 2.70 bits per heavy atom. The molecule has 1 aromatic carbocycles. The van der Waals surface area contributed by atoms with E-state index < -0.39 is 5.97 Å². The van der Waals surface area contributed by atoms with Crippen LogP contribution in [0.1, 0.15) is 29.0 Å². The van der Waals surface area contributed by atoms with Gasteiger partial charge in [-0.15, -0.1) is 15.0 Å².